The molecule has 3 saturated carbocycles. The minimum Gasteiger partial charge on any atom is -0.328 e. The predicted octanol–water partition coefficient (Wildman–Crippen LogP) is 1.48. The van der Waals surface area contributed by atoms with Crippen LogP contribution in [0.5, 0.6) is 0 Å². The van der Waals surface area contributed by atoms with Crippen molar-refractivity contribution in [1.82, 2.24) is 0 Å². The van der Waals surface area contributed by atoms with E-state index in [1.807, 2.05) is 0 Å². The Bertz CT molecular complexity index is 120. The Kier molecular flexibility index (Phi) is 1.17. The van der Waals surface area contributed by atoms with Crippen LogP contribution in [0.3, 0.4) is 0 Å². The number of rotatable bonds is 1. The van der Waals surface area contributed by atoms with E-state index in [0.29, 0.717) is 6.04 Å². The summed E-state index contributed by atoms with van der Waals surface area (Å²) in [6.07, 6.45) is 0. The molecule has 0 amide bonds. The number of hydrogen-bond acceptors (Lipinski definition) is 1. The van der Waals surface area contributed by atoms with Gasteiger partial charge in [-0.2, -0.15) is 0 Å². The van der Waals surface area contributed by atoms with Crippen LogP contribution in [0.1, 0.15) is 20.8 Å². The van der Waals surface area contributed by atoms with Gasteiger partial charge in [0.15, 0.2) is 0 Å². The first-order chi connectivity index (χ1) is 4.64. The zero-order chi connectivity index (χ0) is 7.46. The second kappa shape index (κ2) is 1.76. The van der Waals surface area contributed by atoms with Gasteiger partial charge in [-0.25, -0.2) is 0 Å². The monoisotopic (exact) mass is 139 g/mol. The lowest BCUT2D eigenvalue weighted by Crippen LogP contribution is -2.69. The van der Waals surface area contributed by atoms with Gasteiger partial charge in [0.25, 0.3) is 0 Å². The molecule has 3 aliphatic carbocycles. The quantitative estimate of drug-likeness (QED) is 0.585. The molecule has 10 heavy (non-hydrogen) atoms. The molecule has 2 N–H and O–H groups in total. The van der Waals surface area contributed by atoms with Crippen molar-refractivity contribution in [3.63, 3.8) is 0 Å². The second-order valence-corrected chi connectivity index (χ2v) is 4.31. The van der Waals surface area contributed by atoms with Gasteiger partial charge in [-0.05, 0) is 36.5 Å². The molecule has 1 atom stereocenters. The zero-order valence-electron chi connectivity index (χ0n) is 7.04. The van der Waals surface area contributed by atoms with Crippen molar-refractivity contribution < 1.29 is 0 Å². The van der Waals surface area contributed by atoms with E-state index < -0.39 is 0 Å². The highest BCUT2D eigenvalue weighted by atomic mass is 14.8. The molecule has 3 fully saturated rings. The second-order valence-electron chi connectivity index (χ2n) is 4.31. The Morgan fingerprint density at radius 3 is 1.60 bits per heavy atom. The third kappa shape index (κ3) is 0.493. The standard InChI is InChI=1S/C9H17N/c1-4-7-5(2)8(4)9(7)6(3)10/h4-9H,10H2,1-3H3/t4-,5-,6?,7?,8?,9?. The topological polar surface area (TPSA) is 26.0 Å². The SMILES string of the molecule is CC(N)C1C2[C@H](C)C1[C@H]2C. The highest BCUT2D eigenvalue weighted by Crippen LogP contribution is 2.67. The molecule has 0 saturated heterocycles. The Labute approximate surface area is 63.0 Å². The van der Waals surface area contributed by atoms with Crippen LogP contribution in [0.25, 0.3) is 0 Å². The van der Waals surface area contributed by atoms with Crippen molar-refractivity contribution in [2.45, 2.75) is 26.8 Å². The fourth-order valence-electron chi connectivity index (χ4n) is 3.39. The van der Waals surface area contributed by atoms with E-state index in [1.54, 1.807) is 0 Å². The summed E-state index contributed by atoms with van der Waals surface area (Å²) in [7, 11) is 0. The van der Waals surface area contributed by atoms with Crippen LogP contribution in [-0.2, 0) is 0 Å². The van der Waals surface area contributed by atoms with Gasteiger partial charge in [0.2, 0.25) is 0 Å². The summed E-state index contributed by atoms with van der Waals surface area (Å²) in [6, 6.07) is 0.447. The van der Waals surface area contributed by atoms with Gasteiger partial charge < -0.3 is 5.73 Å². The molecule has 0 heterocycles. The minimum absolute atomic E-state index is 0.447. The van der Waals surface area contributed by atoms with Crippen LogP contribution in [-0.4, -0.2) is 6.04 Å². The maximum absolute atomic E-state index is 5.84. The van der Waals surface area contributed by atoms with Crippen molar-refractivity contribution in [3.05, 3.63) is 0 Å². The van der Waals surface area contributed by atoms with Gasteiger partial charge in [0.1, 0.15) is 0 Å². The van der Waals surface area contributed by atoms with Crippen LogP contribution in [0.4, 0.5) is 0 Å². The highest BCUT2D eigenvalue weighted by Gasteiger charge is 2.64. The molecule has 0 radical (unpaired) electrons. The summed E-state index contributed by atoms with van der Waals surface area (Å²) in [5.41, 5.74) is 5.84. The Balaban J connectivity index is 2.00. The summed E-state index contributed by atoms with van der Waals surface area (Å²) in [4.78, 5) is 0. The first kappa shape index (κ1) is 6.66. The fourth-order valence-corrected chi connectivity index (χ4v) is 3.39. The maximum Gasteiger partial charge on any atom is 0.00444 e. The average molecular weight is 139 g/mol. The van der Waals surface area contributed by atoms with Crippen molar-refractivity contribution in [3.8, 4) is 0 Å². The molecule has 0 aromatic carbocycles. The van der Waals surface area contributed by atoms with Gasteiger partial charge in [-0.3, -0.25) is 0 Å². The van der Waals surface area contributed by atoms with Gasteiger partial charge in [-0.15, -0.1) is 0 Å². The van der Waals surface area contributed by atoms with E-state index >= 15 is 0 Å². The number of nitrogens with two attached hydrogens (primary N) is 1. The summed E-state index contributed by atoms with van der Waals surface area (Å²) in [5, 5.41) is 0. The summed E-state index contributed by atoms with van der Waals surface area (Å²) in [5.74, 6) is 4.82. The van der Waals surface area contributed by atoms with Crippen LogP contribution in [0.2, 0.25) is 0 Å². The number of hydrogen-bond donors (Lipinski definition) is 1. The normalized spacial score (nSPS) is 60.6. The van der Waals surface area contributed by atoms with Gasteiger partial charge in [0, 0.05) is 6.04 Å². The van der Waals surface area contributed by atoms with E-state index in [1.165, 1.54) is 0 Å². The molecule has 1 nitrogen and oxygen atoms in total. The van der Waals surface area contributed by atoms with Crippen LogP contribution in [0.15, 0.2) is 0 Å². The summed E-state index contributed by atoms with van der Waals surface area (Å²) in [6.45, 7) is 6.89. The smallest absolute Gasteiger partial charge is 0.00444 e. The molecule has 0 aromatic heterocycles. The van der Waals surface area contributed by atoms with Crippen LogP contribution < -0.4 is 5.73 Å². The van der Waals surface area contributed by atoms with Crippen LogP contribution in [0, 0.1) is 29.6 Å². The largest absolute Gasteiger partial charge is 0.328 e. The molecule has 58 valence electrons. The van der Waals surface area contributed by atoms with Crippen molar-refractivity contribution in [2.24, 2.45) is 35.3 Å². The van der Waals surface area contributed by atoms with E-state index in [-0.39, 0.29) is 0 Å². The Hall–Kier alpha value is -0.0400. The van der Waals surface area contributed by atoms with Crippen molar-refractivity contribution in [1.29, 1.82) is 0 Å². The van der Waals surface area contributed by atoms with E-state index in [9.17, 15) is 0 Å². The maximum atomic E-state index is 5.84. The van der Waals surface area contributed by atoms with E-state index in [4.69, 9.17) is 5.73 Å². The van der Waals surface area contributed by atoms with Crippen molar-refractivity contribution in [2.75, 3.05) is 0 Å². The molecule has 3 aliphatic rings. The van der Waals surface area contributed by atoms with Gasteiger partial charge >= 0.3 is 0 Å². The first-order valence-corrected chi connectivity index (χ1v) is 4.40. The van der Waals surface area contributed by atoms with E-state index in [2.05, 4.69) is 20.8 Å². The third-order valence-corrected chi connectivity index (χ3v) is 3.92. The van der Waals surface area contributed by atoms with E-state index in [0.717, 1.165) is 29.6 Å². The first-order valence-electron chi connectivity index (χ1n) is 4.40. The molecule has 0 spiro atoms. The predicted molar refractivity (Wildman–Crippen MR) is 42.4 cm³/mol. The van der Waals surface area contributed by atoms with Gasteiger partial charge in [-0.1, -0.05) is 13.8 Å². The molecule has 1 unspecified atom stereocenters. The van der Waals surface area contributed by atoms with Crippen LogP contribution >= 0.6 is 0 Å². The minimum atomic E-state index is 0.447. The molecule has 3 rings (SSSR count). The lowest BCUT2D eigenvalue weighted by atomic mass is 9.35. The average Bonchev–Trinajstić information content (AvgIpc) is 1.78. The molecule has 2 bridgehead atoms. The molecular formula is C9H17N. The highest BCUT2D eigenvalue weighted by molar-refractivity contribution is 5.13. The molecule has 0 aromatic rings. The zero-order valence-corrected chi connectivity index (χ0v) is 7.04. The summed E-state index contributed by atoms with van der Waals surface area (Å²) >= 11 is 0. The fraction of sp³-hybridized carbons (Fsp3) is 1.00. The molecule has 0 aliphatic heterocycles. The Morgan fingerprint density at radius 1 is 1.10 bits per heavy atom. The third-order valence-electron chi connectivity index (χ3n) is 3.92. The van der Waals surface area contributed by atoms with Crippen molar-refractivity contribution >= 4 is 0 Å². The lowest BCUT2D eigenvalue weighted by molar-refractivity contribution is -0.222. The Morgan fingerprint density at radius 2 is 1.50 bits per heavy atom. The molecule has 1 heteroatoms. The van der Waals surface area contributed by atoms with Gasteiger partial charge in [0.05, 0.1) is 0 Å². The molecular weight excluding hydrogens is 122 g/mol. The lowest BCUT2D eigenvalue weighted by Gasteiger charge is -2.70. The summed E-state index contributed by atoms with van der Waals surface area (Å²) < 4.78 is 0.